The van der Waals surface area contributed by atoms with Gasteiger partial charge in [-0.2, -0.15) is 5.10 Å². The number of hydrogen-bond acceptors (Lipinski definition) is 3. The van der Waals surface area contributed by atoms with E-state index in [2.05, 4.69) is 26.3 Å². The zero-order valence-electron chi connectivity index (χ0n) is 9.48. The van der Waals surface area contributed by atoms with Crippen LogP contribution in [0.1, 0.15) is 30.4 Å². The molecule has 17 heavy (non-hydrogen) atoms. The Morgan fingerprint density at radius 2 is 2.29 bits per heavy atom. The first-order valence-corrected chi connectivity index (χ1v) is 5.96. The van der Waals surface area contributed by atoms with E-state index >= 15 is 0 Å². The van der Waals surface area contributed by atoms with Crippen LogP contribution < -0.4 is 5.32 Å². The Bertz CT molecular complexity index is 530. The molecule has 2 aromatic rings. The number of halogens is 1. The van der Waals surface area contributed by atoms with Gasteiger partial charge in [-0.3, -0.25) is 9.48 Å². The number of rotatable bonds is 3. The molecule has 0 saturated carbocycles. The van der Waals surface area contributed by atoms with Crippen LogP contribution in [0.15, 0.2) is 33.6 Å². The van der Waals surface area contributed by atoms with Crippen molar-refractivity contribution in [1.82, 2.24) is 9.78 Å². The maximum atomic E-state index is 11.7. The standard InChI is InChI=1S/C11H12BrN3O2/c1-7(2)15-6-8(5-13-15)14-11(16)9-3-4-10(12)17-9/h3-7H,1-2H3,(H,14,16). The molecule has 0 aromatic carbocycles. The van der Waals surface area contributed by atoms with Gasteiger partial charge in [-0.25, -0.2) is 0 Å². The van der Waals surface area contributed by atoms with Gasteiger partial charge in [0.2, 0.25) is 0 Å². The molecule has 2 rings (SSSR count). The van der Waals surface area contributed by atoms with Crippen molar-refractivity contribution in [3.63, 3.8) is 0 Å². The average Bonchev–Trinajstić information content (AvgIpc) is 2.86. The summed E-state index contributed by atoms with van der Waals surface area (Å²) >= 11 is 3.15. The zero-order chi connectivity index (χ0) is 12.4. The van der Waals surface area contributed by atoms with Crippen molar-refractivity contribution < 1.29 is 9.21 Å². The van der Waals surface area contributed by atoms with Crippen LogP contribution in [0.25, 0.3) is 0 Å². The molecule has 5 nitrogen and oxygen atoms in total. The fourth-order valence-electron chi connectivity index (χ4n) is 1.31. The van der Waals surface area contributed by atoms with Crippen molar-refractivity contribution in [1.29, 1.82) is 0 Å². The summed E-state index contributed by atoms with van der Waals surface area (Å²) in [7, 11) is 0. The number of anilines is 1. The number of nitrogens with zero attached hydrogens (tertiary/aromatic N) is 2. The van der Waals surface area contributed by atoms with Crippen LogP contribution in [0.4, 0.5) is 5.69 Å². The summed E-state index contributed by atoms with van der Waals surface area (Å²) in [6, 6.07) is 3.54. The summed E-state index contributed by atoms with van der Waals surface area (Å²) < 4.78 is 7.45. The van der Waals surface area contributed by atoms with E-state index in [1.54, 1.807) is 29.2 Å². The van der Waals surface area contributed by atoms with E-state index in [1.165, 1.54) is 0 Å². The van der Waals surface area contributed by atoms with Crippen LogP contribution >= 0.6 is 15.9 Å². The second-order valence-corrected chi connectivity index (χ2v) is 4.64. The molecule has 1 amide bonds. The Balaban J connectivity index is 2.07. The second-order valence-electron chi connectivity index (χ2n) is 3.86. The first-order valence-electron chi connectivity index (χ1n) is 5.17. The number of aromatic nitrogens is 2. The Morgan fingerprint density at radius 1 is 1.53 bits per heavy atom. The van der Waals surface area contributed by atoms with Gasteiger partial charge in [-0.05, 0) is 41.9 Å². The molecule has 2 aromatic heterocycles. The quantitative estimate of drug-likeness (QED) is 0.947. The molecule has 6 heteroatoms. The van der Waals surface area contributed by atoms with Crippen LogP contribution in [0.5, 0.6) is 0 Å². The number of hydrogen-bond donors (Lipinski definition) is 1. The number of amides is 1. The van der Waals surface area contributed by atoms with Crippen molar-refractivity contribution in [2.75, 3.05) is 5.32 Å². The van der Waals surface area contributed by atoms with E-state index < -0.39 is 0 Å². The van der Waals surface area contributed by atoms with E-state index in [-0.39, 0.29) is 17.7 Å². The summed E-state index contributed by atoms with van der Waals surface area (Å²) in [5, 5.41) is 6.84. The van der Waals surface area contributed by atoms with Crippen molar-refractivity contribution in [3.05, 3.63) is 35.0 Å². The summed E-state index contributed by atoms with van der Waals surface area (Å²) in [6.07, 6.45) is 3.39. The molecule has 0 unspecified atom stereocenters. The van der Waals surface area contributed by atoms with Crippen molar-refractivity contribution >= 4 is 27.5 Å². The fourth-order valence-corrected chi connectivity index (χ4v) is 1.62. The topological polar surface area (TPSA) is 60.1 Å². The van der Waals surface area contributed by atoms with E-state index in [1.807, 2.05) is 13.8 Å². The number of furan rings is 1. The normalized spacial score (nSPS) is 10.8. The van der Waals surface area contributed by atoms with Crippen LogP contribution in [0.3, 0.4) is 0 Å². The van der Waals surface area contributed by atoms with E-state index in [0.717, 1.165) is 0 Å². The number of carbonyl (C=O) groups is 1. The highest BCUT2D eigenvalue weighted by atomic mass is 79.9. The SMILES string of the molecule is CC(C)n1cc(NC(=O)c2ccc(Br)o2)cn1. The average molecular weight is 298 g/mol. The number of carbonyl (C=O) groups excluding carboxylic acids is 1. The molecule has 0 bridgehead atoms. The molecule has 0 fully saturated rings. The molecular formula is C11H12BrN3O2. The van der Waals surface area contributed by atoms with E-state index in [0.29, 0.717) is 10.4 Å². The van der Waals surface area contributed by atoms with Gasteiger partial charge in [-0.1, -0.05) is 0 Å². The molecule has 0 saturated heterocycles. The van der Waals surface area contributed by atoms with Crippen LogP contribution in [0.2, 0.25) is 0 Å². The Morgan fingerprint density at radius 3 is 2.82 bits per heavy atom. The Labute approximate surface area is 107 Å². The highest BCUT2D eigenvalue weighted by Gasteiger charge is 2.11. The molecule has 90 valence electrons. The van der Waals surface area contributed by atoms with Gasteiger partial charge in [-0.15, -0.1) is 0 Å². The highest BCUT2D eigenvalue weighted by molar-refractivity contribution is 9.10. The highest BCUT2D eigenvalue weighted by Crippen LogP contribution is 2.16. The Kier molecular flexibility index (Phi) is 3.33. The maximum Gasteiger partial charge on any atom is 0.291 e. The van der Waals surface area contributed by atoms with Gasteiger partial charge < -0.3 is 9.73 Å². The maximum absolute atomic E-state index is 11.7. The van der Waals surface area contributed by atoms with Gasteiger partial charge in [0.25, 0.3) is 5.91 Å². The van der Waals surface area contributed by atoms with Gasteiger partial charge in [0.15, 0.2) is 10.4 Å². The van der Waals surface area contributed by atoms with Crippen molar-refractivity contribution in [2.45, 2.75) is 19.9 Å². The molecular weight excluding hydrogens is 286 g/mol. The van der Waals surface area contributed by atoms with Crippen LogP contribution in [0, 0.1) is 0 Å². The van der Waals surface area contributed by atoms with Crippen LogP contribution in [-0.4, -0.2) is 15.7 Å². The fraction of sp³-hybridized carbons (Fsp3) is 0.273. The summed E-state index contributed by atoms with van der Waals surface area (Å²) in [5.74, 6) is -0.0341. The molecule has 0 atom stereocenters. The smallest absolute Gasteiger partial charge is 0.291 e. The van der Waals surface area contributed by atoms with Gasteiger partial charge in [0.1, 0.15) is 0 Å². The van der Waals surface area contributed by atoms with Crippen molar-refractivity contribution in [3.8, 4) is 0 Å². The second kappa shape index (κ2) is 4.75. The summed E-state index contributed by atoms with van der Waals surface area (Å²) in [4.78, 5) is 11.7. The number of nitrogens with one attached hydrogen (secondary N) is 1. The third kappa shape index (κ3) is 2.76. The van der Waals surface area contributed by atoms with Gasteiger partial charge in [0, 0.05) is 12.2 Å². The third-order valence-electron chi connectivity index (χ3n) is 2.19. The Hall–Kier alpha value is -1.56. The van der Waals surface area contributed by atoms with Gasteiger partial charge in [0.05, 0.1) is 11.9 Å². The first kappa shape index (κ1) is 11.9. The molecule has 2 heterocycles. The molecule has 0 radical (unpaired) electrons. The van der Waals surface area contributed by atoms with E-state index in [9.17, 15) is 4.79 Å². The first-order chi connectivity index (χ1) is 8.06. The summed E-state index contributed by atoms with van der Waals surface area (Å²) in [5.41, 5.74) is 0.649. The lowest BCUT2D eigenvalue weighted by Gasteiger charge is -2.03. The third-order valence-corrected chi connectivity index (χ3v) is 2.61. The summed E-state index contributed by atoms with van der Waals surface area (Å²) in [6.45, 7) is 4.03. The lowest BCUT2D eigenvalue weighted by Crippen LogP contribution is -2.10. The molecule has 0 aliphatic heterocycles. The monoisotopic (exact) mass is 297 g/mol. The lowest BCUT2D eigenvalue weighted by molar-refractivity contribution is 0.0995. The van der Waals surface area contributed by atoms with Crippen LogP contribution in [-0.2, 0) is 0 Å². The molecule has 0 spiro atoms. The molecule has 1 N–H and O–H groups in total. The lowest BCUT2D eigenvalue weighted by atomic mass is 10.4. The largest absolute Gasteiger partial charge is 0.444 e. The molecule has 0 aliphatic rings. The minimum Gasteiger partial charge on any atom is -0.444 e. The molecule has 0 aliphatic carbocycles. The van der Waals surface area contributed by atoms with Gasteiger partial charge >= 0.3 is 0 Å². The predicted octanol–water partition coefficient (Wildman–Crippen LogP) is 3.07. The zero-order valence-corrected chi connectivity index (χ0v) is 11.1. The van der Waals surface area contributed by atoms with Crippen molar-refractivity contribution in [2.24, 2.45) is 0 Å². The minimum atomic E-state index is -0.293. The predicted molar refractivity (Wildman–Crippen MR) is 67.0 cm³/mol. The van der Waals surface area contributed by atoms with E-state index in [4.69, 9.17) is 4.42 Å². The minimum absolute atomic E-state index is 0.258.